The first-order valence-electron chi connectivity index (χ1n) is 10.7. The van der Waals surface area contributed by atoms with E-state index < -0.39 is 41.6 Å². The fourth-order valence-corrected chi connectivity index (χ4v) is 3.52. The molecule has 184 valence electrons. The van der Waals surface area contributed by atoms with Crippen molar-refractivity contribution in [3.63, 3.8) is 0 Å². The Bertz CT molecular complexity index is 797. The van der Waals surface area contributed by atoms with E-state index in [2.05, 4.69) is 15.4 Å². The Morgan fingerprint density at radius 2 is 1.76 bits per heavy atom. The number of hydrogen-bond acceptors (Lipinski definition) is 7. The molecule has 1 rings (SSSR count). The van der Waals surface area contributed by atoms with Gasteiger partial charge in [0.25, 0.3) is 0 Å². The summed E-state index contributed by atoms with van der Waals surface area (Å²) in [5.74, 6) is -0.926. The molecule has 0 aromatic heterocycles. The predicted octanol–water partition coefficient (Wildman–Crippen LogP) is 2.51. The number of ether oxygens (including phenoxy) is 2. The van der Waals surface area contributed by atoms with Crippen LogP contribution in [0.1, 0.15) is 45.7 Å². The molecule has 0 aliphatic rings. The largest absolute Gasteiger partial charge is 0.468 e. The van der Waals surface area contributed by atoms with Crippen molar-refractivity contribution in [1.82, 2.24) is 15.5 Å². The van der Waals surface area contributed by atoms with Crippen molar-refractivity contribution in [3.8, 4) is 0 Å². The van der Waals surface area contributed by atoms with Crippen molar-refractivity contribution in [2.75, 3.05) is 32.2 Å². The molecule has 0 radical (unpaired) electrons. The Kier molecular flexibility index (Phi) is 11.8. The van der Waals surface area contributed by atoms with Gasteiger partial charge in [-0.3, -0.25) is 14.4 Å². The molecule has 10 heteroatoms. The summed E-state index contributed by atoms with van der Waals surface area (Å²) in [6.07, 6.45) is 1.56. The van der Waals surface area contributed by atoms with Crippen molar-refractivity contribution in [2.24, 2.45) is 0 Å². The molecular weight excluding hydrogens is 446 g/mol. The summed E-state index contributed by atoms with van der Waals surface area (Å²) in [6, 6.07) is 6.91. The molecule has 1 aromatic rings. The summed E-state index contributed by atoms with van der Waals surface area (Å²) in [5.41, 5.74) is -0.141. The lowest BCUT2D eigenvalue weighted by molar-refractivity contribution is -0.144. The minimum absolute atomic E-state index is 0.204. The van der Waals surface area contributed by atoms with Crippen LogP contribution in [0.15, 0.2) is 30.3 Å². The number of hydrogen-bond donors (Lipinski definition) is 2. The highest BCUT2D eigenvalue weighted by Gasteiger charge is 2.35. The summed E-state index contributed by atoms with van der Waals surface area (Å²) >= 11 is 1.54. The van der Waals surface area contributed by atoms with Crippen LogP contribution in [-0.2, 0) is 23.9 Å². The predicted molar refractivity (Wildman–Crippen MR) is 128 cm³/mol. The highest BCUT2D eigenvalue weighted by molar-refractivity contribution is 7.98. The molecule has 0 saturated carbocycles. The number of nitrogens with one attached hydrogen (secondary N) is 2. The third kappa shape index (κ3) is 9.73. The number of nitrogens with zero attached hydrogens (tertiary/aromatic N) is 1. The van der Waals surface area contributed by atoms with E-state index >= 15 is 0 Å². The van der Waals surface area contributed by atoms with E-state index in [-0.39, 0.29) is 13.1 Å². The number of methoxy groups -OCH3 is 1. The number of esters is 1. The summed E-state index contributed by atoms with van der Waals surface area (Å²) in [4.78, 5) is 52.0. The zero-order valence-corrected chi connectivity index (χ0v) is 21.0. The van der Waals surface area contributed by atoms with Gasteiger partial charge in [0, 0.05) is 6.54 Å². The molecule has 0 aliphatic heterocycles. The van der Waals surface area contributed by atoms with Crippen LogP contribution in [0.25, 0.3) is 0 Å². The Balaban J connectivity index is 3.23. The van der Waals surface area contributed by atoms with Crippen molar-refractivity contribution in [1.29, 1.82) is 0 Å². The molecular formula is C23H35N3O6S. The van der Waals surface area contributed by atoms with Crippen LogP contribution in [0.5, 0.6) is 0 Å². The average Bonchev–Trinajstić information content (AvgIpc) is 2.77. The van der Waals surface area contributed by atoms with Gasteiger partial charge in [0.05, 0.1) is 7.11 Å². The van der Waals surface area contributed by atoms with E-state index in [9.17, 15) is 19.2 Å². The summed E-state index contributed by atoms with van der Waals surface area (Å²) in [7, 11) is 1.23. The molecule has 3 amide bonds. The van der Waals surface area contributed by atoms with Gasteiger partial charge in [0.15, 0.2) is 0 Å². The molecule has 0 fully saturated rings. The maximum absolute atomic E-state index is 13.6. The number of thioether (sulfide) groups is 1. The summed E-state index contributed by atoms with van der Waals surface area (Å²) < 4.78 is 9.91. The molecule has 0 spiro atoms. The standard InChI is InChI=1S/C23H35N3O6S/c1-7-26(21(29)17(13-14-33-6)25-22(30)32-23(2,3)4)19(16-11-9-8-10-12-16)20(28)24-15-18(27)31-5/h8-12,17,19H,7,13-15H2,1-6H3,(H,24,28)(H,25,30). The minimum atomic E-state index is -0.995. The van der Waals surface area contributed by atoms with Gasteiger partial charge in [0.2, 0.25) is 11.8 Å². The topological polar surface area (TPSA) is 114 Å². The van der Waals surface area contributed by atoms with Gasteiger partial charge in [0.1, 0.15) is 24.2 Å². The van der Waals surface area contributed by atoms with E-state index in [0.717, 1.165) is 0 Å². The molecule has 2 atom stereocenters. The van der Waals surface area contributed by atoms with Gasteiger partial charge in [-0.2, -0.15) is 11.8 Å². The van der Waals surface area contributed by atoms with Crippen LogP contribution < -0.4 is 10.6 Å². The van der Waals surface area contributed by atoms with Crippen LogP contribution in [0.2, 0.25) is 0 Å². The molecule has 9 nitrogen and oxygen atoms in total. The average molecular weight is 482 g/mol. The number of rotatable bonds is 11. The third-order valence-corrected chi connectivity index (χ3v) is 5.18. The van der Waals surface area contributed by atoms with Gasteiger partial charge in [-0.1, -0.05) is 30.3 Å². The Labute approximate surface area is 199 Å². The normalized spacial score (nSPS) is 12.8. The Hall–Kier alpha value is -2.75. The smallest absolute Gasteiger partial charge is 0.408 e. The molecule has 0 bridgehead atoms. The zero-order chi connectivity index (χ0) is 25.0. The van der Waals surface area contributed by atoms with Crippen LogP contribution in [0, 0.1) is 0 Å². The molecule has 0 saturated heterocycles. The lowest BCUT2D eigenvalue weighted by Gasteiger charge is -2.33. The van der Waals surface area contributed by atoms with Crippen molar-refractivity contribution < 1.29 is 28.7 Å². The number of carbonyl (C=O) groups is 4. The van der Waals surface area contributed by atoms with Gasteiger partial charge >= 0.3 is 12.1 Å². The molecule has 1 aromatic carbocycles. The monoisotopic (exact) mass is 481 g/mol. The van der Waals surface area contributed by atoms with Gasteiger partial charge in [-0.15, -0.1) is 0 Å². The van der Waals surface area contributed by atoms with Crippen molar-refractivity contribution in [3.05, 3.63) is 35.9 Å². The highest BCUT2D eigenvalue weighted by atomic mass is 32.2. The van der Waals surface area contributed by atoms with Crippen LogP contribution in [0.3, 0.4) is 0 Å². The van der Waals surface area contributed by atoms with Gasteiger partial charge in [-0.05, 0) is 51.7 Å². The first-order chi connectivity index (χ1) is 15.5. The third-order valence-electron chi connectivity index (χ3n) is 4.53. The fourth-order valence-electron chi connectivity index (χ4n) is 3.05. The second kappa shape index (κ2) is 13.7. The molecule has 33 heavy (non-hydrogen) atoms. The maximum atomic E-state index is 13.6. The number of benzene rings is 1. The van der Waals surface area contributed by atoms with Gasteiger partial charge < -0.3 is 25.0 Å². The maximum Gasteiger partial charge on any atom is 0.408 e. The Morgan fingerprint density at radius 1 is 1.12 bits per heavy atom. The first kappa shape index (κ1) is 28.3. The van der Waals surface area contributed by atoms with E-state index in [1.807, 2.05) is 6.26 Å². The molecule has 2 N–H and O–H groups in total. The van der Waals surface area contributed by atoms with E-state index in [0.29, 0.717) is 17.7 Å². The first-order valence-corrected chi connectivity index (χ1v) is 12.1. The lowest BCUT2D eigenvalue weighted by Crippen LogP contribution is -2.53. The molecule has 0 heterocycles. The highest BCUT2D eigenvalue weighted by Crippen LogP contribution is 2.23. The number of likely N-dealkylation sites (N-methyl/N-ethyl adjacent to an activating group) is 1. The minimum Gasteiger partial charge on any atom is -0.468 e. The van der Waals surface area contributed by atoms with Crippen LogP contribution in [0.4, 0.5) is 4.79 Å². The second-order valence-electron chi connectivity index (χ2n) is 8.21. The second-order valence-corrected chi connectivity index (χ2v) is 9.20. The Morgan fingerprint density at radius 3 is 2.27 bits per heavy atom. The number of amides is 3. The fraction of sp³-hybridized carbons (Fsp3) is 0.565. The summed E-state index contributed by atoms with van der Waals surface area (Å²) in [6.45, 7) is 6.84. The lowest BCUT2D eigenvalue weighted by atomic mass is 10.0. The SMILES string of the molecule is CCN(C(=O)C(CCSC)NC(=O)OC(C)(C)C)C(C(=O)NCC(=O)OC)c1ccccc1. The van der Waals surface area contributed by atoms with Crippen molar-refractivity contribution in [2.45, 2.75) is 51.8 Å². The van der Waals surface area contributed by atoms with Gasteiger partial charge in [-0.25, -0.2) is 4.79 Å². The van der Waals surface area contributed by atoms with Crippen LogP contribution >= 0.6 is 11.8 Å². The molecule has 2 unspecified atom stereocenters. The quantitative estimate of drug-likeness (QED) is 0.467. The summed E-state index contributed by atoms with van der Waals surface area (Å²) in [5, 5.41) is 5.19. The van der Waals surface area contributed by atoms with E-state index in [4.69, 9.17) is 4.74 Å². The van der Waals surface area contributed by atoms with Crippen LogP contribution in [-0.4, -0.2) is 72.6 Å². The number of alkyl carbamates (subject to hydrolysis) is 1. The zero-order valence-electron chi connectivity index (χ0n) is 20.2. The molecule has 0 aliphatic carbocycles. The van der Waals surface area contributed by atoms with Crippen molar-refractivity contribution >= 4 is 35.6 Å². The van der Waals surface area contributed by atoms with E-state index in [1.165, 1.54) is 23.8 Å². The number of carbonyl (C=O) groups excluding carboxylic acids is 4. The van der Waals surface area contributed by atoms with E-state index in [1.54, 1.807) is 58.0 Å².